The summed E-state index contributed by atoms with van der Waals surface area (Å²) in [6.45, 7) is 7.37. The molecule has 1 amide bonds. The highest BCUT2D eigenvalue weighted by atomic mass is 16.3. The third-order valence-electron chi connectivity index (χ3n) is 4.53. The summed E-state index contributed by atoms with van der Waals surface area (Å²) in [7, 11) is 0. The largest absolute Gasteiger partial charge is 0.396 e. The van der Waals surface area contributed by atoms with Crippen molar-refractivity contribution in [3.05, 3.63) is 48.0 Å². The van der Waals surface area contributed by atoms with Crippen LogP contribution in [0.4, 0.5) is 0 Å². The maximum Gasteiger partial charge on any atom is 0.227 e. The van der Waals surface area contributed by atoms with Crippen LogP contribution in [-0.4, -0.2) is 35.6 Å². The summed E-state index contributed by atoms with van der Waals surface area (Å²) in [4.78, 5) is 14.5. The lowest BCUT2D eigenvalue weighted by molar-refractivity contribution is -0.134. The molecule has 2 rings (SSSR count). The highest BCUT2D eigenvalue weighted by molar-refractivity contribution is 5.79. The first-order valence-corrected chi connectivity index (χ1v) is 7.64. The molecule has 1 aliphatic rings. The average molecular weight is 287 g/mol. The van der Waals surface area contributed by atoms with Crippen molar-refractivity contribution in [3.8, 4) is 0 Å². The van der Waals surface area contributed by atoms with Gasteiger partial charge in [0.05, 0.1) is 13.0 Å². The van der Waals surface area contributed by atoms with Crippen LogP contribution in [0.1, 0.15) is 30.4 Å². The van der Waals surface area contributed by atoms with Gasteiger partial charge in [-0.2, -0.15) is 0 Å². The topological polar surface area (TPSA) is 40.5 Å². The first kappa shape index (κ1) is 15.8. The van der Waals surface area contributed by atoms with Crippen molar-refractivity contribution < 1.29 is 9.90 Å². The van der Waals surface area contributed by atoms with Crippen LogP contribution in [0.5, 0.6) is 0 Å². The van der Waals surface area contributed by atoms with E-state index in [1.54, 1.807) is 0 Å². The van der Waals surface area contributed by atoms with Gasteiger partial charge < -0.3 is 10.0 Å². The van der Waals surface area contributed by atoms with Gasteiger partial charge in [0.25, 0.3) is 0 Å². The molecule has 1 aliphatic heterocycles. The van der Waals surface area contributed by atoms with Crippen LogP contribution in [-0.2, 0) is 11.2 Å². The van der Waals surface area contributed by atoms with Crippen molar-refractivity contribution in [1.29, 1.82) is 0 Å². The number of carbonyl (C=O) groups is 1. The van der Waals surface area contributed by atoms with E-state index < -0.39 is 0 Å². The monoisotopic (exact) mass is 287 g/mol. The second kappa shape index (κ2) is 6.90. The Hall–Kier alpha value is -1.61. The molecule has 0 unspecified atom stereocenters. The number of rotatable bonds is 5. The van der Waals surface area contributed by atoms with Crippen molar-refractivity contribution in [2.24, 2.45) is 5.41 Å². The average Bonchev–Trinajstić information content (AvgIpc) is 2.50. The van der Waals surface area contributed by atoms with Crippen LogP contribution in [0.3, 0.4) is 0 Å². The number of amides is 1. The number of hydrogen-bond donors (Lipinski definition) is 1. The van der Waals surface area contributed by atoms with Crippen LogP contribution in [0.25, 0.3) is 0 Å². The number of hydrogen-bond acceptors (Lipinski definition) is 2. The molecule has 1 fully saturated rings. The van der Waals surface area contributed by atoms with Crippen LogP contribution >= 0.6 is 0 Å². The predicted octanol–water partition coefficient (Wildman–Crippen LogP) is 2.71. The van der Waals surface area contributed by atoms with Crippen LogP contribution in [0, 0.1) is 12.3 Å². The summed E-state index contributed by atoms with van der Waals surface area (Å²) in [6.07, 6.45) is 4.98. The fourth-order valence-corrected chi connectivity index (χ4v) is 3.17. The normalized spacial score (nSPS) is 22.1. The maximum absolute atomic E-state index is 12.5. The maximum atomic E-state index is 12.5. The Morgan fingerprint density at radius 1 is 1.48 bits per heavy atom. The van der Waals surface area contributed by atoms with Gasteiger partial charge in [-0.1, -0.05) is 30.3 Å². The van der Waals surface area contributed by atoms with Crippen molar-refractivity contribution in [2.75, 3.05) is 19.7 Å². The van der Waals surface area contributed by atoms with E-state index in [9.17, 15) is 9.90 Å². The Kier molecular flexibility index (Phi) is 5.18. The molecule has 1 atom stereocenters. The van der Waals surface area contributed by atoms with Crippen molar-refractivity contribution in [3.63, 3.8) is 0 Å². The van der Waals surface area contributed by atoms with Crippen LogP contribution in [0.15, 0.2) is 36.9 Å². The van der Waals surface area contributed by atoms with E-state index in [4.69, 9.17) is 0 Å². The standard InChI is InChI=1S/C18H25NO2/c1-3-9-18(14-20)10-6-11-19(13-18)17(21)12-16-8-5-4-7-15(16)2/h3-5,7-8,20H,1,6,9-14H2,2H3/t18-/m0/s1. The number of allylic oxidation sites excluding steroid dienone is 1. The van der Waals surface area contributed by atoms with Gasteiger partial charge in [0.1, 0.15) is 0 Å². The molecule has 114 valence electrons. The number of aryl methyl sites for hydroxylation is 1. The van der Waals surface area contributed by atoms with E-state index in [0.29, 0.717) is 13.0 Å². The number of piperidine rings is 1. The van der Waals surface area contributed by atoms with E-state index in [1.807, 2.05) is 42.2 Å². The lowest BCUT2D eigenvalue weighted by Crippen LogP contribution is -2.48. The fourth-order valence-electron chi connectivity index (χ4n) is 3.17. The fraction of sp³-hybridized carbons (Fsp3) is 0.500. The highest BCUT2D eigenvalue weighted by Gasteiger charge is 2.35. The molecule has 0 aromatic heterocycles. The Morgan fingerprint density at radius 3 is 2.90 bits per heavy atom. The minimum Gasteiger partial charge on any atom is -0.396 e. The van der Waals surface area contributed by atoms with Gasteiger partial charge in [-0.25, -0.2) is 0 Å². The summed E-state index contributed by atoms with van der Waals surface area (Å²) in [5.41, 5.74) is 2.05. The first-order valence-electron chi connectivity index (χ1n) is 7.64. The zero-order chi connectivity index (χ0) is 15.3. The van der Waals surface area contributed by atoms with Crippen LogP contribution < -0.4 is 0 Å². The number of benzene rings is 1. The molecule has 3 nitrogen and oxygen atoms in total. The van der Waals surface area contributed by atoms with E-state index in [0.717, 1.165) is 36.9 Å². The molecular formula is C18H25NO2. The molecular weight excluding hydrogens is 262 g/mol. The highest BCUT2D eigenvalue weighted by Crippen LogP contribution is 2.33. The van der Waals surface area contributed by atoms with Crippen molar-refractivity contribution in [2.45, 2.75) is 32.6 Å². The Labute approximate surface area is 127 Å². The lowest BCUT2D eigenvalue weighted by Gasteiger charge is -2.41. The summed E-state index contributed by atoms with van der Waals surface area (Å²) in [5, 5.41) is 9.72. The molecule has 1 heterocycles. The van der Waals surface area contributed by atoms with E-state index in [2.05, 4.69) is 6.58 Å². The molecule has 1 aromatic rings. The number of nitrogens with zero attached hydrogens (tertiary/aromatic N) is 1. The smallest absolute Gasteiger partial charge is 0.227 e. The molecule has 1 saturated heterocycles. The molecule has 3 heteroatoms. The van der Waals surface area contributed by atoms with Crippen LogP contribution in [0.2, 0.25) is 0 Å². The SMILES string of the molecule is C=CC[C@]1(CO)CCCN(C(=O)Cc2ccccc2C)C1. The van der Waals surface area contributed by atoms with Gasteiger partial charge in [-0.3, -0.25) is 4.79 Å². The lowest BCUT2D eigenvalue weighted by atomic mass is 9.77. The Morgan fingerprint density at radius 2 is 2.24 bits per heavy atom. The summed E-state index contributed by atoms with van der Waals surface area (Å²) in [6, 6.07) is 8.02. The van der Waals surface area contributed by atoms with Gasteiger partial charge in [0.2, 0.25) is 5.91 Å². The molecule has 1 aromatic carbocycles. The minimum absolute atomic E-state index is 0.118. The molecule has 1 N–H and O–H groups in total. The Balaban J connectivity index is 2.05. The summed E-state index contributed by atoms with van der Waals surface area (Å²) < 4.78 is 0. The second-order valence-corrected chi connectivity index (χ2v) is 6.17. The number of carbonyl (C=O) groups excluding carboxylic acids is 1. The summed E-state index contributed by atoms with van der Waals surface area (Å²) in [5.74, 6) is 0.158. The van der Waals surface area contributed by atoms with Gasteiger partial charge in [0.15, 0.2) is 0 Å². The molecule has 0 bridgehead atoms. The molecule has 0 aliphatic carbocycles. The van der Waals surface area contributed by atoms with Gasteiger partial charge >= 0.3 is 0 Å². The molecule has 21 heavy (non-hydrogen) atoms. The second-order valence-electron chi connectivity index (χ2n) is 6.17. The zero-order valence-electron chi connectivity index (χ0n) is 12.8. The van der Waals surface area contributed by atoms with E-state index in [-0.39, 0.29) is 17.9 Å². The third kappa shape index (κ3) is 3.73. The number of likely N-dealkylation sites (tertiary alicyclic amines) is 1. The van der Waals surface area contributed by atoms with Crippen molar-refractivity contribution >= 4 is 5.91 Å². The van der Waals surface area contributed by atoms with Crippen molar-refractivity contribution in [1.82, 2.24) is 4.90 Å². The van der Waals surface area contributed by atoms with Gasteiger partial charge in [0, 0.05) is 18.5 Å². The molecule has 0 spiro atoms. The Bertz CT molecular complexity index is 512. The predicted molar refractivity (Wildman–Crippen MR) is 85.0 cm³/mol. The summed E-state index contributed by atoms with van der Waals surface area (Å²) >= 11 is 0. The van der Waals surface area contributed by atoms with Gasteiger partial charge in [-0.15, -0.1) is 6.58 Å². The number of aliphatic hydroxyl groups excluding tert-OH is 1. The minimum atomic E-state index is -0.193. The molecule has 0 radical (unpaired) electrons. The van der Waals surface area contributed by atoms with Gasteiger partial charge in [-0.05, 0) is 37.3 Å². The first-order chi connectivity index (χ1) is 10.1. The van der Waals surface area contributed by atoms with E-state index >= 15 is 0 Å². The molecule has 0 saturated carbocycles. The number of aliphatic hydroxyl groups is 1. The van der Waals surface area contributed by atoms with E-state index in [1.165, 1.54) is 0 Å². The quantitative estimate of drug-likeness (QED) is 0.846. The zero-order valence-corrected chi connectivity index (χ0v) is 12.8. The third-order valence-corrected chi connectivity index (χ3v) is 4.53.